The zero-order valence-corrected chi connectivity index (χ0v) is 12.6. The molecule has 0 saturated heterocycles. The van der Waals surface area contributed by atoms with E-state index in [2.05, 4.69) is 53.8 Å². The number of nitrogens with one attached hydrogen (secondary N) is 1. The van der Waals surface area contributed by atoms with Crippen molar-refractivity contribution in [1.29, 1.82) is 0 Å². The summed E-state index contributed by atoms with van der Waals surface area (Å²) < 4.78 is 2.20. The summed E-state index contributed by atoms with van der Waals surface area (Å²) in [5, 5.41) is 3.43. The normalized spacial score (nSPS) is 16.6. The summed E-state index contributed by atoms with van der Waals surface area (Å²) in [4.78, 5) is 7.20. The van der Waals surface area contributed by atoms with Crippen LogP contribution in [0.3, 0.4) is 0 Å². The molecule has 108 valence electrons. The monoisotopic (exact) mass is 272 g/mol. The second-order valence-corrected chi connectivity index (χ2v) is 5.78. The highest BCUT2D eigenvalue weighted by Gasteiger charge is 2.32. The van der Waals surface area contributed by atoms with E-state index in [9.17, 15) is 0 Å². The number of pyridine rings is 1. The maximum absolute atomic E-state index is 4.85. The van der Waals surface area contributed by atoms with Crippen LogP contribution < -0.4 is 10.2 Å². The molecule has 2 heterocycles. The Morgan fingerprint density at radius 1 is 1.45 bits per heavy atom. The maximum Gasteiger partial charge on any atom is 0.152 e. The number of fused-ring (bicyclic) bond motifs is 1. The van der Waals surface area contributed by atoms with Crippen LogP contribution >= 0.6 is 0 Å². The van der Waals surface area contributed by atoms with Crippen LogP contribution in [0.25, 0.3) is 5.65 Å². The Hall–Kier alpha value is -1.55. The van der Waals surface area contributed by atoms with E-state index in [1.54, 1.807) is 0 Å². The number of hydrogen-bond donors (Lipinski definition) is 1. The molecule has 0 amide bonds. The van der Waals surface area contributed by atoms with Gasteiger partial charge in [-0.2, -0.15) is 0 Å². The molecule has 1 saturated carbocycles. The van der Waals surface area contributed by atoms with E-state index in [4.69, 9.17) is 4.98 Å². The summed E-state index contributed by atoms with van der Waals surface area (Å²) in [5.41, 5.74) is 2.29. The lowest BCUT2D eigenvalue weighted by atomic mass is 10.2. The van der Waals surface area contributed by atoms with Gasteiger partial charge in [0.15, 0.2) is 5.82 Å². The van der Waals surface area contributed by atoms with Crippen molar-refractivity contribution in [1.82, 2.24) is 14.7 Å². The first kappa shape index (κ1) is 13.4. The fourth-order valence-corrected chi connectivity index (χ4v) is 2.81. The fraction of sp³-hybridized carbons (Fsp3) is 0.562. The van der Waals surface area contributed by atoms with Crippen molar-refractivity contribution in [2.24, 2.45) is 5.92 Å². The van der Waals surface area contributed by atoms with Gasteiger partial charge in [0.05, 0.1) is 5.69 Å². The summed E-state index contributed by atoms with van der Waals surface area (Å²) in [7, 11) is 2.18. The molecule has 0 aromatic carbocycles. The summed E-state index contributed by atoms with van der Waals surface area (Å²) in [6.45, 7) is 6.29. The smallest absolute Gasteiger partial charge is 0.152 e. The first-order valence-corrected chi connectivity index (χ1v) is 7.62. The average Bonchev–Trinajstić information content (AvgIpc) is 3.25. The minimum absolute atomic E-state index is 0.570. The molecule has 0 spiro atoms. The number of rotatable bonds is 6. The number of hydrogen-bond acceptors (Lipinski definition) is 3. The zero-order valence-electron chi connectivity index (χ0n) is 12.6. The van der Waals surface area contributed by atoms with Gasteiger partial charge in [0.1, 0.15) is 5.65 Å². The third kappa shape index (κ3) is 2.40. The molecule has 0 aliphatic heterocycles. The predicted molar refractivity (Wildman–Crippen MR) is 83.2 cm³/mol. The highest BCUT2D eigenvalue weighted by atomic mass is 15.2. The van der Waals surface area contributed by atoms with Crippen molar-refractivity contribution in [3.8, 4) is 0 Å². The van der Waals surface area contributed by atoms with Crippen LogP contribution in [-0.4, -0.2) is 29.0 Å². The van der Waals surface area contributed by atoms with Gasteiger partial charge in [-0.05, 0) is 44.4 Å². The second-order valence-electron chi connectivity index (χ2n) is 5.78. The standard InChI is InChI=1S/C16H24N4/c1-4-17-11-14-16(19(3)12(2)13-8-9-13)18-15-7-5-6-10-20(14)15/h5-7,10,12-13,17H,4,8-9,11H2,1-3H3. The molecule has 2 aromatic rings. The van der Waals surface area contributed by atoms with Crippen LogP contribution in [0, 0.1) is 5.92 Å². The average molecular weight is 272 g/mol. The Kier molecular flexibility index (Phi) is 3.66. The predicted octanol–water partition coefficient (Wildman–Crippen LogP) is 2.68. The molecule has 1 N–H and O–H groups in total. The lowest BCUT2D eigenvalue weighted by Crippen LogP contribution is -2.32. The van der Waals surface area contributed by atoms with Gasteiger partial charge in [-0.3, -0.25) is 0 Å². The number of anilines is 1. The van der Waals surface area contributed by atoms with E-state index in [-0.39, 0.29) is 0 Å². The molecule has 0 radical (unpaired) electrons. The van der Waals surface area contributed by atoms with Gasteiger partial charge in [0, 0.05) is 25.8 Å². The van der Waals surface area contributed by atoms with Crippen molar-refractivity contribution in [2.75, 3.05) is 18.5 Å². The van der Waals surface area contributed by atoms with Crippen LogP contribution in [0.5, 0.6) is 0 Å². The molecule has 1 fully saturated rings. The third-order valence-electron chi connectivity index (χ3n) is 4.40. The molecule has 2 aromatic heterocycles. The summed E-state index contributed by atoms with van der Waals surface area (Å²) in [6, 6.07) is 6.76. The Balaban J connectivity index is 1.98. The van der Waals surface area contributed by atoms with E-state index >= 15 is 0 Å². The van der Waals surface area contributed by atoms with Crippen molar-refractivity contribution in [2.45, 2.75) is 39.3 Å². The van der Waals surface area contributed by atoms with Gasteiger partial charge in [-0.1, -0.05) is 13.0 Å². The second kappa shape index (κ2) is 5.44. The molecule has 1 atom stereocenters. The fourth-order valence-electron chi connectivity index (χ4n) is 2.81. The van der Waals surface area contributed by atoms with E-state index in [1.807, 2.05) is 6.07 Å². The maximum atomic E-state index is 4.85. The largest absolute Gasteiger partial charge is 0.355 e. The Bertz CT molecular complexity index is 585. The highest BCUT2D eigenvalue weighted by molar-refractivity contribution is 5.56. The van der Waals surface area contributed by atoms with Crippen LogP contribution in [0.4, 0.5) is 5.82 Å². The van der Waals surface area contributed by atoms with E-state index in [0.29, 0.717) is 6.04 Å². The van der Waals surface area contributed by atoms with Crippen molar-refractivity contribution in [3.05, 3.63) is 30.1 Å². The van der Waals surface area contributed by atoms with E-state index in [0.717, 1.165) is 30.5 Å². The molecule has 4 heteroatoms. The zero-order chi connectivity index (χ0) is 14.1. The van der Waals surface area contributed by atoms with Crippen LogP contribution in [0.2, 0.25) is 0 Å². The van der Waals surface area contributed by atoms with Crippen molar-refractivity contribution < 1.29 is 0 Å². The minimum Gasteiger partial charge on any atom is -0.355 e. The summed E-state index contributed by atoms with van der Waals surface area (Å²) in [5.74, 6) is 1.97. The molecule has 1 aliphatic carbocycles. The van der Waals surface area contributed by atoms with Gasteiger partial charge in [-0.25, -0.2) is 4.98 Å². The van der Waals surface area contributed by atoms with Gasteiger partial charge in [0.2, 0.25) is 0 Å². The van der Waals surface area contributed by atoms with Crippen LogP contribution in [0.1, 0.15) is 32.4 Å². The lowest BCUT2D eigenvalue weighted by Gasteiger charge is -2.26. The first-order chi connectivity index (χ1) is 9.72. The van der Waals surface area contributed by atoms with Crippen molar-refractivity contribution >= 4 is 11.5 Å². The Morgan fingerprint density at radius 3 is 2.95 bits per heavy atom. The summed E-state index contributed by atoms with van der Waals surface area (Å²) in [6.07, 6.45) is 4.83. The summed E-state index contributed by atoms with van der Waals surface area (Å²) >= 11 is 0. The third-order valence-corrected chi connectivity index (χ3v) is 4.40. The Morgan fingerprint density at radius 2 is 2.25 bits per heavy atom. The SMILES string of the molecule is CCNCc1c(N(C)C(C)C2CC2)nc2ccccn12. The molecular formula is C16H24N4. The lowest BCUT2D eigenvalue weighted by molar-refractivity contribution is 0.599. The number of aromatic nitrogens is 2. The van der Waals surface area contributed by atoms with Crippen LogP contribution in [-0.2, 0) is 6.54 Å². The highest BCUT2D eigenvalue weighted by Crippen LogP contribution is 2.36. The molecule has 1 aliphatic rings. The minimum atomic E-state index is 0.570. The van der Waals surface area contributed by atoms with E-state index < -0.39 is 0 Å². The quantitative estimate of drug-likeness (QED) is 0.877. The van der Waals surface area contributed by atoms with Crippen molar-refractivity contribution in [3.63, 3.8) is 0 Å². The van der Waals surface area contributed by atoms with Crippen LogP contribution in [0.15, 0.2) is 24.4 Å². The number of imidazole rings is 1. The Labute approximate surface area is 120 Å². The molecular weight excluding hydrogens is 248 g/mol. The molecule has 0 bridgehead atoms. The van der Waals surface area contributed by atoms with Gasteiger partial charge in [-0.15, -0.1) is 0 Å². The molecule has 20 heavy (non-hydrogen) atoms. The topological polar surface area (TPSA) is 32.6 Å². The molecule has 1 unspecified atom stereocenters. The van der Waals surface area contributed by atoms with E-state index in [1.165, 1.54) is 18.5 Å². The first-order valence-electron chi connectivity index (χ1n) is 7.62. The molecule has 4 nitrogen and oxygen atoms in total. The van der Waals surface area contributed by atoms with Gasteiger partial charge in [0.25, 0.3) is 0 Å². The van der Waals surface area contributed by atoms with Gasteiger partial charge < -0.3 is 14.6 Å². The number of nitrogens with zero attached hydrogens (tertiary/aromatic N) is 3. The van der Waals surface area contributed by atoms with Gasteiger partial charge >= 0.3 is 0 Å². The molecule has 3 rings (SSSR count).